The number of aromatic hydroxyl groups is 1. The van der Waals surface area contributed by atoms with E-state index in [0.29, 0.717) is 29.9 Å². The Balaban J connectivity index is 1.54. The molecule has 174 valence electrons. The number of nitrogens with one attached hydrogen (secondary N) is 1. The minimum absolute atomic E-state index is 0.0737. The highest BCUT2D eigenvalue weighted by molar-refractivity contribution is 7.94. The molecule has 2 aliphatic carbocycles. The maximum atomic E-state index is 13.1. The van der Waals surface area contributed by atoms with E-state index >= 15 is 0 Å². The second kappa shape index (κ2) is 8.99. The summed E-state index contributed by atoms with van der Waals surface area (Å²) in [6.07, 6.45) is 7.39. The molecule has 6 nitrogen and oxygen atoms in total. The van der Waals surface area contributed by atoms with E-state index in [2.05, 4.69) is 4.72 Å². The maximum absolute atomic E-state index is 13.1. The topological polar surface area (TPSA) is 96.6 Å². The molecule has 2 N–H and O–H groups in total. The molecule has 1 aromatic carbocycles. The SMILES string of the molecule is O=c1oc2c(c(O)c1C(c1cccc(NS(=O)(=O)c3cccs3)c1)C1CC1)CCCCCC2. The highest BCUT2D eigenvalue weighted by atomic mass is 32.2. The van der Waals surface area contributed by atoms with Crippen LogP contribution >= 0.6 is 11.3 Å². The standard InChI is InChI=1S/C25H27NO5S2/c27-24-19-9-3-1-2-4-10-20(19)31-25(28)23(24)22(16-12-13-16)17-7-5-8-18(15-17)26-33(29,30)21-11-6-14-32-21/h5-8,11,14-16,22,26-27H,1-4,9-10,12-13H2. The summed E-state index contributed by atoms with van der Waals surface area (Å²) in [6.45, 7) is 0. The number of thiophene rings is 1. The van der Waals surface area contributed by atoms with Crippen LogP contribution in [0, 0.1) is 5.92 Å². The summed E-state index contributed by atoms with van der Waals surface area (Å²) in [7, 11) is -3.68. The molecule has 8 heteroatoms. The second-order valence-corrected chi connectivity index (χ2v) is 11.8. The molecular weight excluding hydrogens is 458 g/mol. The highest BCUT2D eigenvalue weighted by Gasteiger charge is 2.38. The van der Waals surface area contributed by atoms with Crippen molar-refractivity contribution in [2.24, 2.45) is 5.92 Å². The van der Waals surface area contributed by atoms with Crippen molar-refractivity contribution < 1.29 is 17.9 Å². The van der Waals surface area contributed by atoms with E-state index in [1.165, 1.54) is 0 Å². The smallest absolute Gasteiger partial charge is 0.343 e. The second-order valence-electron chi connectivity index (χ2n) is 8.95. The first-order chi connectivity index (χ1) is 15.9. The molecule has 5 rings (SSSR count). The number of rotatable bonds is 6. The van der Waals surface area contributed by atoms with E-state index in [-0.39, 0.29) is 21.8 Å². The van der Waals surface area contributed by atoms with Gasteiger partial charge in [-0.15, -0.1) is 11.3 Å². The molecule has 1 unspecified atom stereocenters. The molecule has 0 aliphatic heterocycles. The van der Waals surface area contributed by atoms with Gasteiger partial charge in [-0.1, -0.05) is 31.0 Å². The molecule has 0 amide bonds. The Morgan fingerprint density at radius 3 is 2.58 bits per heavy atom. The summed E-state index contributed by atoms with van der Waals surface area (Å²) in [5.74, 6) is 0.579. The summed E-state index contributed by atoms with van der Waals surface area (Å²) in [5, 5.41) is 13.0. The van der Waals surface area contributed by atoms with Gasteiger partial charge in [0.15, 0.2) is 0 Å². The molecule has 0 saturated heterocycles. The van der Waals surface area contributed by atoms with Gasteiger partial charge in [-0.25, -0.2) is 13.2 Å². The van der Waals surface area contributed by atoms with Crippen LogP contribution in [0.4, 0.5) is 5.69 Å². The van der Waals surface area contributed by atoms with Gasteiger partial charge in [-0.05, 0) is 67.2 Å². The fourth-order valence-corrected chi connectivity index (χ4v) is 6.86. The van der Waals surface area contributed by atoms with Gasteiger partial charge in [0.1, 0.15) is 15.7 Å². The molecule has 1 fully saturated rings. The van der Waals surface area contributed by atoms with Gasteiger partial charge in [0.25, 0.3) is 10.0 Å². The van der Waals surface area contributed by atoms with E-state index in [1.54, 1.807) is 35.7 Å². The van der Waals surface area contributed by atoms with Crippen LogP contribution in [-0.4, -0.2) is 13.5 Å². The predicted octanol–water partition coefficient (Wildman–Crippen LogP) is 5.41. The number of benzene rings is 1. The lowest BCUT2D eigenvalue weighted by Crippen LogP contribution is -2.19. The lowest BCUT2D eigenvalue weighted by atomic mass is 9.85. The van der Waals surface area contributed by atoms with Crippen molar-refractivity contribution in [2.45, 2.75) is 61.5 Å². The Morgan fingerprint density at radius 1 is 1.06 bits per heavy atom. The van der Waals surface area contributed by atoms with Gasteiger partial charge in [0.05, 0.1) is 5.56 Å². The minimum Gasteiger partial charge on any atom is -0.507 e. The Hall–Kier alpha value is -2.58. The zero-order valence-electron chi connectivity index (χ0n) is 18.2. The first kappa shape index (κ1) is 22.2. The van der Waals surface area contributed by atoms with Gasteiger partial charge in [0, 0.05) is 23.6 Å². The molecule has 1 atom stereocenters. The molecule has 2 aromatic heterocycles. The van der Waals surface area contributed by atoms with Crippen molar-refractivity contribution in [1.82, 2.24) is 0 Å². The largest absolute Gasteiger partial charge is 0.507 e. The monoisotopic (exact) mass is 485 g/mol. The van der Waals surface area contributed by atoms with Crippen molar-refractivity contribution in [2.75, 3.05) is 4.72 Å². The fraction of sp³-hybridized carbons (Fsp3) is 0.400. The minimum atomic E-state index is -3.68. The summed E-state index contributed by atoms with van der Waals surface area (Å²) >= 11 is 1.15. The third-order valence-electron chi connectivity index (χ3n) is 6.56. The van der Waals surface area contributed by atoms with Crippen molar-refractivity contribution in [3.8, 4) is 5.75 Å². The van der Waals surface area contributed by atoms with Crippen LogP contribution in [0.25, 0.3) is 0 Å². The normalized spacial score (nSPS) is 17.6. The summed E-state index contributed by atoms with van der Waals surface area (Å²) < 4.78 is 34.0. The third-order valence-corrected chi connectivity index (χ3v) is 9.34. The lowest BCUT2D eigenvalue weighted by molar-refractivity contribution is 0.382. The number of hydrogen-bond acceptors (Lipinski definition) is 6. The van der Waals surface area contributed by atoms with Crippen molar-refractivity contribution in [1.29, 1.82) is 0 Å². The number of sulfonamides is 1. The van der Waals surface area contributed by atoms with E-state index in [9.17, 15) is 18.3 Å². The number of anilines is 1. The van der Waals surface area contributed by atoms with Crippen LogP contribution in [0.1, 0.15) is 66.9 Å². The van der Waals surface area contributed by atoms with Gasteiger partial charge in [-0.2, -0.15) is 0 Å². The molecular formula is C25H27NO5S2. The van der Waals surface area contributed by atoms with Gasteiger partial charge in [0.2, 0.25) is 0 Å². The average molecular weight is 486 g/mol. The van der Waals surface area contributed by atoms with E-state index in [4.69, 9.17) is 4.42 Å². The summed E-state index contributed by atoms with van der Waals surface area (Å²) in [4.78, 5) is 13.1. The zero-order valence-corrected chi connectivity index (χ0v) is 19.9. The number of fused-ring (bicyclic) bond motifs is 1. The zero-order chi connectivity index (χ0) is 23.0. The molecule has 3 aromatic rings. The van der Waals surface area contributed by atoms with Crippen LogP contribution in [0.2, 0.25) is 0 Å². The first-order valence-electron chi connectivity index (χ1n) is 11.5. The quantitative estimate of drug-likeness (QED) is 0.487. The van der Waals surface area contributed by atoms with Gasteiger partial charge >= 0.3 is 5.63 Å². The fourth-order valence-electron chi connectivity index (χ4n) is 4.82. The Labute approximate surface area is 197 Å². The van der Waals surface area contributed by atoms with E-state index in [1.807, 2.05) is 6.07 Å². The molecule has 33 heavy (non-hydrogen) atoms. The Kier molecular flexibility index (Phi) is 6.05. The van der Waals surface area contributed by atoms with Crippen LogP contribution < -0.4 is 10.3 Å². The third kappa shape index (κ3) is 4.59. The predicted molar refractivity (Wildman–Crippen MR) is 129 cm³/mol. The molecule has 0 bridgehead atoms. The number of hydrogen-bond donors (Lipinski definition) is 2. The first-order valence-corrected chi connectivity index (χ1v) is 13.8. The van der Waals surface area contributed by atoms with Crippen LogP contribution in [0.3, 0.4) is 0 Å². The molecule has 2 aliphatic rings. The lowest BCUT2D eigenvalue weighted by Gasteiger charge is -2.22. The molecule has 1 saturated carbocycles. The van der Waals surface area contributed by atoms with Crippen molar-refractivity contribution >= 4 is 27.0 Å². The van der Waals surface area contributed by atoms with Gasteiger partial charge < -0.3 is 9.52 Å². The maximum Gasteiger partial charge on any atom is 0.343 e. The highest BCUT2D eigenvalue weighted by Crippen LogP contribution is 2.49. The van der Waals surface area contributed by atoms with Crippen LogP contribution in [0.5, 0.6) is 5.75 Å². The molecule has 2 heterocycles. The van der Waals surface area contributed by atoms with Crippen molar-refractivity contribution in [3.63, 3.8) is 0 Å². The molecule has 0 radical (unpaired) electrons. The van der Waals surface area contributed by atoms with Crippen LogP contribution in [0.15, 0.2) is 55.2 Å². The summed E-state index contributed by atoms with van der Waals surface area (Å²) in [6, 6.07) is 10.4. The van der Waals surface area contributed by atoms with Crippen molar-refractivity contribution in [3.05, 3.63) is 74.6 Å². The molecule has 0 spiro atoms. The number of aryl methyl sites for hydroxylation is 1. The van der Waals surface area contributed by atoms with Gasteiger partial charge in [-0.3, -0.25) is 4.72 Å². The Bertz CT molecular complexity index is 1310. The van der Waals surface area contributed by atoms with E-state index < -0.39 is 15.6 Å². The Morgan fingerprint density at radius 2 is 1.85 bits per heavy atom. The summed E-state index contributed by atoms with van der Waals surface area (Å²) in [5.41, 5.74) is 1.84. The van der Waals surface area contributed by atoms with E-state index in [0.717, 1.165) is 61.0 Å². The average Bonchev–Trinajstić information content (AvgIpc) is 3.42. The van der Waals surface area contributed by atoms with Crippen LogP contribution in [-0.2, 0) is 22.9 Å².